The number of hydrogen-bond acceptors (Lipinski definition) is 5. The van der Waals surface area contributed by atoms with Crippen LogP contribution in [0.3, 0.4) is 0 Å². The average Bonchev–Trinajstić information content (AvgIpc) is 3.06. The van der Waals surface area contributed by atoms with E-state index in [0.717, 1.165) is 30.2 Å². The van der Waals surface area contributed by atoms with Gasteiger partial charge in [-0.05, 0) is 50.2 Å². The highest BCUT2D eigenvalue weighted by Gasteiger charge is 2.20. The largest absolute Gasteiger partial charge is 0.454 e. The van der Waals surface area contributed by atoms with Gasteiger partial charge in [-0.2, -0.15) is 0 Å². The summed E-state index contributed by atoms with van der Waals surface area (Å²) in [6.45, 7) is 4.12. The van der Waals surface area contributed by atoms with Crippen LogP contribution in [0.2, 0.25) is 0 Å². The first-order chi connectivity index (χ1) is 9.72. The van der Waals surface area contributed by atoms with Crippen molar-refractivity contribution in [2.75, 3.05) is 40.0 Å². The molecule has 0 aliphatic carbocycles. The Hall–Kier alpha value is -1.30. The lowest BCUT2D eigenvalue weighted by molar-refractivity contribution is 0.169. The van der Waals surface area contributed by atoms with E-state index in [1.54, 1.807) is 0 Å². The fourth-order valence-electron chi connectivity index (χ4n) is 2.86. The first-order valence-electron chi connectivity index (χ1n) is 7.19. The minimum Gasteiger partial charge on any atom is -0.454 e. The van der Waals surface area contributed by atoms with Gasteiger partial charge >= 0.3 is 0 Å². The molecule has 0 amide bonds. The van der Waals surface area contributed by atoms with Gasteiger partial charge in [-0.3, -0.25) is 0 Å². The van der Waals surface area contributed by atoms with Crippen LogP contribution in [0.1, 0.15) is 18.1 Å². The first kappa shape index (κ1) is 13.7. The van der Waals surface area contributed by atoms with Crippen LogP contribution in [0.4, 0.5) is 0 Å². The van der Waals surface area contributed by atoms with Gasteiger partial charge in [-0.15, -0.1) is 0 Å². The van der Waals surface area contributed by atoms with Gasteiger partial charge in [0.2, 0.25) is 6.79 Å². The molecule has 0 spiro atoms. The van der Waals surface area contributed by atoms with E-state index in [9.17, 15) is 5.11 Å². The van der Waals surface area contributed by atoms with E-state index >= 15 is 0 Å². The number of nitrogens with zero attached hydrogens (tertiary/aromatic N) is 1. The van der Waals surface area contributed by atoms with Crippen LogP contribution in [-0.4, -0.2) is 50.0 Å². The second-order valence-electron chi connectivity index (χ2n) is 5.70. The quantitative estimate of drug-likeness (QED) is 0.841. The molecule has 20 heavy (non-hydrogen) atoms. The number of benzene rings is 1. The molecule has 2 heterocycles. The van der Waals surface area contributed by atoms with Crippen molar-refractivity contribution in [2.45, 2.75) is 12.5 Å². The van der Waals surface area contributed by atoms with Gasteiger partial charge in [0.1, 0.15) is 0 Å². The van der Waals surface area contributed by atoms with Gasteiger partial charge < -0.3 is 24.8 Å². The van der Waals surface area contributed by atoms with Gasteiger partial charge in [0.15, 0.2) is 11.5 Å². The summed E-state index contributed by atoms with van der Waals surface area (Å²) in [5.41, 5.74) is 0.866. The Kier molecular flexibility index (Phi) is 4.10. The molecule has 2 atom stereocenters. The lowest BCUT2D eigenvalue weighted by Crippen LogP contribution is -2.28. The van der Waals surface area contributed by atoms with Crippen LogP contribution in [0.15, 0.2) is 18.2 Å². The predicted molar refractivity (Wildman–Crippen MR) is 76.0 cm³/mol. The molecule has 1 fully saturated rings. The van der Waals surface area contributed by atoms with Crippen molar-refractivity contribution in [3.8, 4) is 11.5 Å². The van der Waals surface area contributed by atoms with Gasteiger partial charge in [0.25, 0.3) is 0 Å². The van der Waals surface area contributed by atoms with Gasteiger partial charge in [0, 0.05) is 13.1 Å². The Labute approximate surface area is 119 Å². The molecular formula is C15H22N2O3. The number of hydrogen-bond donors (Lipinski definition) is 2. The summed E-state index contributed by atoms with van der Waals surface area (Å²) < 4.78 is 10.6. The van der Waals surface area contributed by atoms with Gasteiger partial charge in [0.05, 0.1) is 6.10 Å². The van der Waals surface area contributed by atoms with Crippen molar-refractivity contribution in [1.29, 1.82) is 0 Å². The summed E-state index contributed by atoms with van der Waals surface area (Å²) in [5, 5.41) is 13.6. The summed E-state index contributed by atoms with van der Waals surface area (Å²) in [6.07, 6.45) is 0.729. The molecule has 110 valence electrons. The summed E-state index contributed by atoms with van der Waals surface area (Å²) in [5.74, 6) is 2.17. The molecule has 2 N–H and O–H groups in total. The Morgan fingerprint density at radius 1 is 1.40 bits per heavy atom. The standard InChI is InChI=1S/C15H22N2O3/c1-17-5-4-11(9-17)7-16-8-13(18)12-2-3-14-15(6-12)20-10-19-14/h2-3,6,11,13,16,18H,4-5,7-10H2,1H3. The summed E-state index contributed by atoms with van der Waals surface area (Å²) in [7, 11) is 2.15. The predicted octanol–water partition coefficient (Wildman–Crippen LogP) is 0.990. The Morgan fingerprint density at radius 3 is 3.05 bits per heavy atom. The van der Waals surface area contributed by atoms with Crippen molar-refractivity contribution < 1.29 is 14.6 Å². The number of aliphatic hydroxyl groups excluding tert-OH is 1. The second kappa shape index (κ2) is 5.99. The summed E-state index contributed by atoms with van der Waals surface area (Å²) in [4.78, 5) is 2.35. The van der Waals surface area contributed by atoms with Gasteiger partial charge in [-0.25, -0.2) is 0 Å². The molecule has 5 heteroatoms. The molecule has 0 aromatic heterocycles. The smallest absolute Gasteiger partial charge is 0.231 e. The number of ether oxygens (including phenoxy) is 2. The lowest BCUT2D eigenvalue weighted by Gasteiger charge is -2.15. The number of nitrogens with one attached hydrogen (secondary N) is 1. The van der Waals surface area contributed by atoms with Crippen LogP contribution in [-0.2, 0) is 0 Å². The molecule has 0 saturated carbocycles. The summed E-state index contributed by atoms with van der Waals surface area (Å²) >= 11 is 0. The van der Waals surface area contributed by atoms with E-state index in [1.165, 1.54) is 13.0 Å². The van der Waals surface area contributed by atoms with Crippen LogP contribution in [0, 0.1) is 5.92 Å². The molecule has 0 bridgehead atoms. The maximum atomic E-state index is 10.2. The van der Waals surface area contributed by atoms with Crippen molar-refractivity contribution in [3.63, 3.8) is 0 Å². The van der Waals surface area contributed by atoms with Crippen molar-refractivity contribution in [1.82, 2.24) is 10.2 Å². The maximum Gasteiger partial charge on any atom is 0.231 e. The number of aliphatic hydroxyl groups is 1. The fourth-order valence-corrected chi connectivity index (χ4v) is 2.86. The van der Waals surface area contributed by atoms with Gasteiger partial charge in [-0.1, -0.05) is 6.07 Å². The highest BCUT2D eigenvalue weighted by Crippen LogP contribution is 2.34. The molecule has 2 unspecified atom stereocenters. The van der Waals surface area contributed by atoms with Crippen LogP contribution in [0.5, 0.6) is 11.5 Å². The average molecular weight is 278 g/mol. The molecular weight excluding hydrogens is 256 g/mol. The third-order valence-corrected chi connectivity index (χ3v) is 4.04. The minimum atomic E-state index is -0.511. The van der Waals surface area contributed by atoms with Crippen LogP contribution >= 0.6 is 0 Å². The van der Waals surface area contributed by atoms with E-state index in [4.69, 9.17) is 9.47 Å². The third-order valence-electron chi connectivity index (χ3n) is 4.04. The van der Waals surface area contributed by atoms with E-state index in [2.05, 4.69) is 17.3 Å². The monoisotopic (exact) mass is 278 g/mol. The molecule has 1 aromatic rings. The number of likely N-dealkylation sites (tertiary alicyclic amines) is 1. The Morgan fingerprint density at radius 2 is 2.25 bits per heavy atom. The lowest BCUT2D eigenvalue weighted by atomic mass is 10.1. The normalized spacial score (nSPS) is 23.2. The van der Waals surface area contributed by atoms with E-state index in [0.29, 0.717) is 12.5 Å². The second-order valence-corrected chi connectivity index (χ2v) is 5.70. The third kappa shape index (κ3) is 3.06. The van der Waals surface area contributed by atoms with E-state index in [-0.39, 0.29) is 6.79 Å². The molecule has 2 aliphatic heterocycles. The maximum absolute atomic E-state index is 10.2. The Bertz CT molecular complexity index is 466. The molecule has 3 rings (SSSR count). The molecule has 1 saturated heterocycles. The fraction of sp³-hybridized carbons (Fsp3) is 0.600. The zero-order valence-corrected chi connectivity index (χ0v) is 11.8. The van der Waals surface area contributed by atoms with E-state index < -0.39 is 6.10 Å². The molecule has 1 aromatic carbocycles. The highest BCUT2D eigenvalue weighted by molar-refractivity contribution is 5.45. The molecule has 5 nitrogen and oxygen atoms in total. The minimum absolute atomic E-state index is 0.266. The topological polar surface area (TPSA) is 54.0 Å². The SMILES string of the molecule is CN1CCC(CNCC(O)c2ccc3c(c2)OCO3)C1. The van der Waals surface area contributed by atoms with Crippen LogP contribution < -0.4 is 14.8 Å². The zero-order valence-electron chi connectivity index (χ0n) is 11.8. The first-order valence-corrected chi connectivity index (χ1v) is 7.19. The van der Waals surface area contributed by atoms with Crippen molar-refractivity contribution in [3.05, 3.63) is 23.8 Å². The molecule has 0 radical (unpaired) electrons. The Balaban J connectivity index is 1.48. The van der Waals surface area contributed by atoms with Crippen molar-refractivity contribution >= 4 is 0 Å². The van der Waals surface area contributed by atoms with Crippen LogP contribution in [0.25, 0.3) is 0 Å². The summed E-state index contributed by atoms with van der Waals surface area (Å²) in [6, 6.07) is 5.61. The van der Waals surface area contributed by atoms with E-state index in [1.807, 2.05) is 18.2 Å². The molecule has 2 aliphatic rings. The van der Waals surface area contributed by atoms with Crippen molar-refractivity contribution in [2.24, 2.45) is 5.92 Å². The number of fused-ring (bicyclic) bond motifs is 1. The highest BCUT2D eigenvalue weighted by atomic mass is 16.7. The number of rotatable bonds is 5. The zero-order chi connectivity index (χ0) is 13.9.